The Morgan fingerprint density at radius 1 is 1.08 bits per heavy atom. The van der Waals surface area contributed by atoms with Gasteiger partial charge in [0.2, 0.25) is 0 Å². The fourth-order valence-electron chi connectivity index (χ4n) is 2.54. The summed E-state index contributed by atoms with van der Waals surface area (Å²) >= 11 is 1.72. The maximum Gasteiger partial charge on any atom is 0.287 e. The standard InChI is InChI=1S/C19H16N2O3S/c22-19(21-11-15-3-1-7-23-15)18-10-13-9-14(5-6-17(13)24-18)20-12-16-4-2-8-25-16/h1-10,20H,11-12H2,(H,21,22). The molecule has 0 fully saturated rings. The van der Waals surface area contributed by atoms with Crippen LogP contribution >= 0.6 is 11.3 Å². The Hall–Kier alpha value is -2.99. The van der Waals surface area contributed by atoms with E-state index in [4.69, 9.17) is 8.83 Å². The van der Waals surface area contributed by atoms with Gasteiger partial charge in [-0.3, -0.25) is 4.79 Å². The molecule has 25 heavy (non-hydrogen) atoms. The van der Waals surface area contributed by atoms with Crippen molar-refractivity contribution in [3.05, 3.63) is 76.6 Å². The Morgan fingerprint density at radius 2 is 2.04 bits per heavy atom. The van der Waals surface area contributed by atoms with Crippen molar-refractivity contribution in [2.24, 2.45) is 0 Å². The molecule has 126 valence electrons. The summed E-state index contributed by atoms with van der Waals surface area (Å²) in [4.78, 5) is 13.5. The Kier molecular flexibility index (Phi) is 4.26. The minimum atomic E-state index is -0.263. The molecule has 0 spiro atoms. The first-order valence-corrected chi connectivity index (χ1v) is 8.76. The van der Waals surface area contributed by atoms with E-state index in [0.29, 0.717) is 17.9 Å². The predicted molar refractivity (Wildman–Crippen MR) is 97.7 cm³/mol. The quantitative estimate of drug-likeness (QED) is 0.531. The van der Waals surface area contributed by atoms with Crippen LogP contribution in [0.5, 0.6) is 0 Å². The number of anilines is 1. The molecule has 6 heteroatoms. The maximum atomic E-state index is 12.2. The largest absolute Gasteiger partial charge is 0.467 e. The van der Waals surface area contributed by atoms with Crippen molar-refractivity contribution < 1.29 is 13.6 Å². The molecule has 4 rings (SSSR count). The highest BCUT2D eigenvalue weighted by molar-refractivity contribution is 7.09. The van der Waals surface area contributed by atoms with Crippen LogP contribution in [0.25, 0.3) is 11.0 Å². The van der Waals surface area contributed by atoms with E-state index >= 15 is 0 Å². The summed E-state index contributed by atoms with van der Waals surface area (Å²) in [5.41, 5.74) is 1.68. The van der Waals surface area contributed by atoms with Gasteiger partial charge in [0.15, 0.2) is 5.76 Å². The molecular weight excluding hydrogens is 336 g/mol. The lowest BCUT2D eigenvalue weighted by Gasteiger charge is -2.04. The van der Waals surface area contributed by atoms with Crippen molar-refractivity contribution in [1.29, 1.82) is 0 Å². The number of rotatable bonds is 6. The van der Waals surface area contributed by atoms with E-state index in [-0.39, 0.29) is 11.7 Å². The fraction of sp³-hybridized carbons (Fsp3) is 0.105. The van der Waals surface area contributed by atoms with E-state index in [1.807, 2.05) is 30.3 Å². The molecule has 1 amide bonds. The highest BCUT2D eigenvalue weighted by Gasteiger charge is 2.13. The average molecular weight is 352 g/mol. The molecule has 3 aromatic heterocycles. The minimum absolute atomic E-state index is 0.263. The zero-order valence-corrected chi connectivity index (χ0v) is 14.1. The molecule has 3 heterocycles. The molecule has 0 saturated carbocycles. The van der Waals surface area contributed by atoms with Gasteiger partial charge in [0, 0.05) is 22.5 Å². The van der Waals surface area contributed by atoms with Gasteiger partial charge in [-0.05, 0) is 47.8 Å². The van der Waals surface area contributed by atoms with E-state index in [1.54, 1.807) is 29.7 Å². The van der Waals surface area contributed by atoms with Gasteiger partial charge in [-0.1, -0.05) is 6.07 Å². The molecular formula is C19H16N2O3S. The predicted octanol–water partition coefficient (Wildman–Crippen LogP) is 4.63. The van der Waals surface area contributed by atoms with Crippen LogP contribution in [0.3, 0.4) is 0 Å². The van der Waals surface area contributed by atoms with E-state index in [1.165, 1.54) is 4.88 Å². The normalized spacial score (nSPS) is 10.9. The number of hydrogen-bond donors (Lipinski definition) is 2. The molecule has 4 aromatic rings. The summed E-state index contributed by atoms with van der Waals surface area (Å²) in [5, 5.41) is 9.10. The first-order valence-electron chi connectivity index (χ1n) is 7.88. The van der Waals surface area contributed by atoms with Gasteiger partial charge < -0.3 is 19.5 Å². The number of benzene rings is 1. The van der Waals surface area contributed by atoms with Gasteiger partial charge >= 0.3 is 0 Å². The van der Waals surface area contributed by atoms with Gasteiger partial charge in [0.1, 0.15) is 11.3 Å². The molecule has 0 saturated heterocycles. The average Bonchev–Trinajstić information content (AvgIpc) is 3.38. The van der Waals surface area contributed by atoms with Gasteiger partial charge in [-0.2, -0.15) is 0 Å². The molecule has 0 atom stereocenters. The lowest BCUT2D eigenvalue weighted by Crippen LogP contribution is -2.21. The van der Waals surface area contributed by atoms with Crippen molar-refractivity contribution in [2.75, 3.05) is 5.32 Å². The summed E-state index contributed by atoms with van der Waals surface area (Å²) < 4.78 is 10.8. The van der Waals surface area contributed by atoms with Crippen LogP contribution in [0.4, 0.5) is 5.69 Å². The number of nitrogens with one attached hydrogen (secondary N) is 2. The first kappa shape index (κ1) is 15.5. The van der Waals surface area contributed by atoms with Gasteiger partial charge in [-0.25, -0.2) is 0 Å². The third-order valence-corrected chi connectivity index (χ3v) is 4.67. The summed E-state index contributed by atoms with van der Waals surface area (Å²) in [7, 11) is 0. The first-order chi connectivity index (χ1) is 12.3. The van der Waals surface area contributed by atoms with Crippen LogP contribution in [-0.4, -0.2) is 5.91 Å². The second kappa shape index (κ2) is 6.86. The maximum absolute atomic E-state index is 12.2. The van der Waals surface area contributed by atoms with Gasteiger partial charge in [0.05, 0.1) is 12.8 Å². The van der Waals surface area contributed by atoms with Crippen LogP contribution < -0.4 is 10.6 Å². The zero-order valence-electron chi connectivity index (χ0n) is 13.3. The molecule has 2 N–H and O–H groups in total. The number of hydrogen-bond acceptors (Lipinski definition) is 5. The number of carbonyl (C=O) groups is 1. The van der Waals surface area contributed by atoms with Crippen LogP contribution in [0.15, 0.2) is 69.0 Å². The summed E-state index contributed by atoms with van der Waals surface area (Å²) in [6.07, 6.45) is 1.58. The lowest BCUT2D eigenvalue weighted by molar-refractivity contribution is 0.0922. The molecule has 0 aliphatic rings. The van der Waals surface area contributed by atoms with Crippen molar-refractivity contribution in [3.8, 4) is 0 Å². The van der Waals surface area contributed by atoms with E-state index < -0.39 is 0 Å². The summed E-state index contributed by atoms with van der Waals surface area (Å²) in [6.45, 7) is 1.11. The van der Waals surface area contributed by atoms with E-state index in [9.17, 15) is 4.79 Å². The van der Waals surface area contributed by atoms with Crippen molar-refractivity contribution in [1.82, 2.24) is 5.32 Å². The van der Waals surface area contributed by atoms with E-state index in [0.717, 1.165) is 17.6 Å². The fourth-order valence-corrected chi connectivity index (χ4v) is 3.18. The number of carbonyl (C=O) groups excluding carboxylic acids is 1. The monoisotopic (exact) mass is 352 g/mol. The van der Waals surface area contributed by atoms with Crippen molar-refractivity contribution >= 4 is 33.9 Å². The summed E-state index contributed by atoms with van der Waals surface area (Å²) in [6, 6.07) is 15.3. The Labute approximate surface area is 148 Å². The van der Waals surface area contributed by atoms with Gasteiger partial charge in [0.25, 0.3) is 5.91 Å². The molecule has 1 aromatic carbocycles. The lowest BCUT2D eigenvalue weighted by atomic mass is 10.2. The Balaban J connectivity index is 1.45. The van der Waals surface area contributed by atoms with Crippen LogP contribution in [-0.2, 0) is 13.1 Å². The Bertz CT molecular complexity index is 972. The summed E-state index contributed by atoms with van der Waals surface area (Å²) in [5.74, 6) is 0.724. The topological polar surface area (TPSA) is 67.4 Å². The molecule has 0 aliphatic heterocycles. The Morgan fingerprint density at radius 3 is 2.84 bits per heavy atom. The minimum Gasteiger partial charge on any atom is -0.467 e. The number of fused-ring (bicyclic) bond motifs is 1. The third kappa shape index (κ3) is 3.59. The number of thiophene rings is 1. The second-order valence-electron chi connectivity index (χ2n) is 5.56. The smallest absolute Gasteiger partial charge is 0.287 e. The molecule has 5 nitrogen and oxygen atoms in total. The highest BCUT2D eigenvalue weighted by Crippen LogP contribution is 2.24. The molecule has 0 aliphatic carbocycles. The highest BCUT2D eigenvalue weighted by atomic mass is 32.1. The van der Waals surface area contributed by atoms with Crippen LogP contribution in [0.1, 0.15) is 21.2 Å². The van der Waals surface area contributed by atoms with Crippen LogP contribution in [0.2, 0.25) is 0 Å². The molecule has 0 bridgehead atoms. The van der Waals surface area contributed by atoms with E-state index in [2.05, 4.69) is 22.1 Å². The SMILES string of the molecule is O=C(NCc1ccco1)c1cc2cc(NCc3cccs3)ccc2o1. The second-order valence-corrected chi connectivity index (χ2v) is 6.59. The van der Waals surface area contributed by atoms with Crippen molar-refractivity contribution in [3.63, 3.8) is 0 Å². The third-order valence-electron chi connectivity index (χ3n) is 3.79. The van der Waals surface area contributed by atoms with Gasteiger partial charge in [-0.15, -0.1) is 11.3 Å². The zero-order chi connectivity index (χ0) is 17.1. The van der Waals surface area contributed by atoms with Crippen molar-refractivity contribution in [2.45, 2.75) is 13.1 Å². The number of amides is 1. The van der Waals surface area contributed by atoms with Crippen LogP contribution in [0, 0.1) is 0 Å². The number of furan rings is 2. The molecule has 0 radical (unpaired) electrons. The molecule has 0 unspecified atom stereocenters.